The minimum atomic E-state index is -0.584. The minimum absolute atomic E-state index is 0.0603. The largest absolute Gasteiger partial charge is 0.382 e. The lowest BCUT2D eigenvalue weighted by atomic mass is 9.99. The lowest BCUT2D eigenvalue weighted by Crippen LogP contribution is -2.38. The molecular formula is C22H21FN8O3. The second-order valence-electron chi connectivity index (χ2n) is 8.40. The van der Waals surface area contributed by atoms with Crippen LogP contribution in [-0.4, -0.2) is 47.2 Å². The van der Waals surface area contributed by atoms with Gasteiger partial charge >= 0.3 is 5.82 Å². The molecule has 2 aliphatic heterocycles. The SMILES string of the molecule is O=[N+]([O-])c1cnc(N2CCc3c(ncn3C3CCCCO3)C2c2cc3c(F)cccn3n2)cn1. The molecule has 0 aliphatic carbocycles. The van der Waals surface area contributed by atoms with Crippen LogP contribution in [0.1, 0.15) is 48.6 Å². The van der Waals surface area contributed by atoms with Crippen molar-refractivity contribution in [2.45, 2.75) is 38.0 Å². The number of anilines is 1. The molecule has 0 bridgehead atoms. The second-order valence-corrected chi connectivity index (χ2v) is 8.40. The van der Waals surface area contributed by atoms with E-state index >= 15 is 0 Å². The Kier molecular flexibility index (Phi) is 4.94. The number of imidazole rings is 1. The van der Waals surface area contributed by atoms with Crippen molar-refractivity contribution in [3.8, 4) is 0 Å². The number of rotatable bonds is 4. The minimum Gasteiger partial charge on any atom is -0.358 e. The fraction of sp³-hybridized carbons (Fsp3) is 0.364. The average Bonchev–Trinajstić information content (AvgIpc) is 3.49. The van der Waals surface area contributed by atoms with Crippen LogP contribution in [0.25, 0.3) is 5.52 Å². The van der Waals surface area contributed by atoms with Crippen LogP contribution in [0.3, 0.4) is 0 Å². The molecule has 174 valence electrons. The third kappa shape index (κ3) is 3.37. The number of hydrogen-bond acceptors (Lipinski definition) is 8. The Morgan fingerprint density at radius 1 is 1.21 bits per heavy atom. The van der Waals surface area contributed by atoms with Crippen molar-refractivity contribution in [3.05, 3.63) is 76.1 Å². The van der Waals surface area contributed by atoms with Gasteiger partial charge in [0, 0.05) is 31.5 Å². The van der Waals surface area contributed by atoms with E-state index in [1.54, 1.807) is 24.7 Å². The lowest BCUT2D eigenvalue weighted by Gasteiger charge is -2.35. The molecule has 1 fully saturated rings. The first-order chi connectivity index (χ1) is 16.6. The molecule has 0 saturated carbocycles. The first-order valence-electron chi connectivity index (χ1n) is 11.1. The number of pyridine rings is 1. The Morgan fingerprint density at radius 2 is 2.12 bits per heavy atom. The van der Waals surface area contributed by atoms with Crippen molar-refractivity contribution < 1.29 is 14.1 Å². The van der Waals surface area contributed by atoms with Gasteiger partial charge in [-0.15, -0.1) is 0 Å². The number of hydrogen-bond donors (Lipinski definition) is 0. The number of nitro groups is 1. The molecule has 2 aliphatic rings. The Labute approximate surface area is 193 Å². The molecule has 0 amide bonds. The summed E-state index contributed by atoms with van der Waals surface area (Å²) in [5.41, 5.74) is 2.78. The van der Waals surface area contributed by atoms with Gasteiger partial charge in [0.1, 0.15) is 29.8 Å². The third-order valence-corrected chi connectivity index (χ3v) is 6.41. The van der Waals surface area contributed by atoms with Crippen molar-refractivity contribution in [2.75, 3.05) is 18.1 Å². The maximum atomic E-state index is 14.5. The van der Waals surface area contributed by atoms with Crippen LogP contribution in [0.4, 0.5) is 16.0 Å². The molecule has 4 aromatic heterocycles. The van der Waals surface area contributed by atoms with E-state index in [9.17, 15) is 14.5 Å². The summed E-state index contributed by atoms with van der Waals surface area (Å²) >= 11 is 0. The number of fused-ring (bicyclic) bond motifs is 2. The van der Waals surface area contributed by atoms with Gasteiger partial charge in [-0.2, -0.15) is 5.10 Å². The molecular weight excluding hydrogens is 443 g/mol. The zero-order valence-corrected chi connectivity index (χ0v) is 18.1. The predicted molar refractivity (Wildman–Crippen MR) is 118 cm³/mol. The number of ether oxygens (including phenoxy) is 1. The van der Waals surface area contributed by atoms with Gasteiger partial charge in [0.15, 0.2) is 12.0 Å². The molecule has 34 heavy (non-hydrogen) atoms. The van der Waals surface area contributed by atoms with Crippen molar-refractivity contribution in [3.63, 3.8) is 0 Å². The summed E-state index contributed by atoms with van der Waals surface area (Å²) in [5.74, 6) is -0.242. The normalized spacial score (nSPS) is 20.4. The molecule has 2 unspecified atom stereocenters. The van der Waals surface area contributed by atoms with E-state index in [4.69, 9.17) is 9.72 Å². The first-order valence-corrected chi connectivity index (χ1v) is 11.1. The highest BCUT2D eigenvalue weighted by Crippen LogP contribution is 2.38. The highest BCUT2D eigenvalue weighted by atomic mass is 19.1. The van der Waals surface area contributed by atoms with Crippen LogP contribution >= 0.6 is 0 Å². The highest BCUT2D eigenvalue weighted by Gasteiger charge is 2.37. The van der Waals surface area contributed by atoms with Gasteiger partial charge in [-0.1, -0.05) is 0 Å². The zero-order valence-electron chi connectivity index (χ0n) is 18.1. The van der Waals surface area contributed by atoms with Crippen LogP contribution in [0, 0.1) is 15.9 Å². The quantitative estimate of drug-likeness (QED) is 0.334. The van der Waals surface area contributed by atoms with Gasteiger partial charge in [0.05, 0.1) is 17.7 Å². The monoisotopic (exact) mass is 464 g/mol. The topological polar surface area (TPSA) is 117 Å². The van der Waals surface area contributed by atoms with E-state index in [0.717, 1.165) is 43.5 Å². The summed E-state index contributed by atoms with van der Waals surface area (Å²) in [6.45, 7) is 1.27. The number of halogens is 1. The molecule has 0 spiro atoms. The van der Waals surface area contributed by atoms with Crippen LogP contribution in [0.15, 0.2) is 43.1 Å². The predicted octanol–water partition coefficient (Wildman–Crippen LogP) is 3.22. The smallest absolute Gasteiger partial charge is 0.358 e. The van der Waals surface area contributed by atoms with Crippen molar-refractivity contribution in [1.82, 2.24) is 29.1 Å². The number of nitrogens with zero attached hydrogens (tertiary/aromatic N) is 8. The first kappa shape index (κ1) is 20.7. The van der Waals surface area contributed by atoms with Gasteiger partial charge in [-0.05, 0) is 47.4 Å². The average molecular weight is 464 g/mol. The van der Waals surface area contributed by atoms with E-state index in [0.29, 0.717) is 30.0 Å². The Balaban J connectivity index is 1.46. The van der Waals surface area contributed by atoms with Gasteiger partial charge in [-0.3, -0.25) is 0 Å². The standard InChI is InChI=1S/C22H21FN8O3/c23-14-4-3-7-30-17(14)10-15(27-30)22-21-16(29(13-26-21)20-5-1-2-9-34-20)6-8-28(22)18-11-25-19(12-24-18)31(32)33/h3-4,7,10-13,20,22H,1-2,5-6,8-9H2. The molecule has 4 aromatic rings. The van der Waals surface area contributed by atoms with Crippen LogP contribution < -0.4 is 4.90 Å². The highest BCUT2D eigenvalue weighted by molar-refractivity contribution is 5.54. The van der Waals surface area contributed by atoms with Crippen molar-refractivity contribution >= 4 is 17.2 Å². The summed E-state index contributed by atoms with van der Waals surface area (Å²) in [5, 5.41) is 15.7. The van der Waals surface area contributed by atoms with Crippen LogP contribution in [-0.2, 0) is 11.2 Å². The molecule has 0 N–H and O–H groups in total. The van der Waals surface area contributed by atoms with Gasteiger partial charge in [0.25, 0.3) is 0 Å². The summed E-state index contributed by atoms with van der Waals surface area (Å²) in [6, 6.07) is 4.22. The molecule has 0 aromatic carbocycles. The fourth-order valence-corrected chi connectivity index (χ4v) is 4.82. The van der Waals surface area contributed by atoms with Crippen molar-refractivity contribution in [2.24, 2.45) is 0 Å². The second kappa shape index (κ2) is 8.13. The number of aromatic nitrogens is 6. The Bertz CT molecular complexity index is 1360. The van der Waals surface area contributed by atoms with E-state index in [2.05, 4.69) is 19.6 Å². The fourth-order valence-electron chi connectivity index (χ4n) is 4.82. The molecule has 0 radical (unpaired) electrons. The molecule has 6 rings (SSSR count). The molecule has 2 atom stereocenters. The van der Waals surface area contributed by atoms with Crippen LogP contribution in [0.5, 0.6) is 0 Å². The van der Waals surface area contributed by atoms with Gasteiger partial charge in [0.2, 0.25) is 0 Å². The summed E-state index contributed by atoms with van der Waals surface area (Å²) in [4.78, 5) is 25.4. The van der Waals surface area contributed by atoms with E-state index in [1.165, 1.54) is 16.8 Å². The van der Waals surface area contributed by atoms with E-state index in [1.807, 2.05) is 4.90 Å². The zero-order chi connectivity index (χ0) is 23.2. The van der Waals surface area contributed by atoms with Gasteiger partial charge < -0.3 is 24.3 Å². The maximum absolute atomic E-state index is 14.5. The molecule has 11 nitrogen and oxygen atoms in total. The summed E-state index contributed by atoms with van der Waals surface area (Å²) in [6.07, 6.45) is 9.69. The maximum Gasteiger partial charge on any atom is 0.382 e. The molecule has 1 saturated heterocycles. The van der Waals surface area contributed by atoms with Crippen LogP contribution in [0.2, 0.25) is 0 Å². The van der Waals surface area contributed by atoms with E-state index in [-0.39, 0.29) is 17.9 Å². The summed E-state index contributed by atoms with van der Waals surface area (Å²) < 4.78 is 24.0. The van der Waals surface area contributed by atoms with Crippen molar-refractivity contribution in [1.29, 1.82) is 0 Å². The Morgan fingerprint density at radius 3 is 2.85 bits per heavy atom. The molecule has 6 heterocycles. The summed E-state index contributed by atoms with van der Waals surface area (Å²) in [7, 11) is 0. The lowest BCUT2D eigenvalue weighted by molar-refractivity contribution is -0.389. The Hall–Kier alpha value is -3.93. The van der Waals surface area contributed by atoms with E-state index < -0.39 is 11.0 Å². The third-order valence-electron chi connectivity index (χ3n) is 6.41. The molecule has 12 heteroatoms. The van der Waals surface area contributed by atoms with Gasteiger partial charge in [-0.25, -0.2) is 18.9 Å².